The van der Waals surface area contributed by atoms with Crippen LogP contribution in [0.5, 0.6) is 5.75 Å². The van der Waals surface area contributed by atoms with E-state index in [1.54, 1.807) is 30.0 Å². The van der Waals surface area contributed by atoms with E-state index in [9.17, 15) is 9.59 Å². The number of carbonyl (C=O) groups is 2. The molecule has 37 heavy (non-hydrogen) atoms. The standard InChI is InChI=1S/C27H31N5O3S2/c1-6-23(33)32-12-8-11-31(16-19(32)4)26(34)20-14-22(18(3)13-21(20)35-5)36-24-15-29-27(37-24)30-25-17(2)9-7-10-28-25/h6-7,9-10,13-15,19H,1,8,11-12,16H2,2-5H3,(H,28,29,30)/t19-/m1/s1. The van der Waals surface area contributed by atoms with E-state index in [0.29, 0.717) is 37.4 Å². The summed E-state index contributed by atoms with van der Waals surface area (Å²) in [5.74, 6) is 1.11. The molecule has 0 unspecified atom stereocenters. The minimum absolute atomic E-state index is 0.101. The highest BCUT2D eigenvalue weighted by Gasteiger charge is 2.29. The number of nitrogens with one attached hydrogen (secondary N) is 1. The van der Waals surface area contributed by atoms with Gasteiger partial charge in [-0.15, -0.1) is 0 Å². The first-order chi connectivity index (χ1) is 17.8. The average Bonchev–Trinajstić information content (AvgIpc) is 3.24. The Bertz CT molecular complexity index is 1310. The number of pyridine rings is 1. The third kappa shape index (κ3) is 6.14. The number of anilines is 2. The Morgan fingerprint density at radius 1 is 1.24 bits per heavy atom. The van der Waals surface area contributed by atoms with Crippen molar-refractivity contribution in [2.24, 2.45) is 0 Å². The molecule has 1 atom stereocenters. The zero-order valence-corrected chi connectivity index (χ0v) is 23.1. The van der Waals surface area contributed by atoms with Crippen LogP contribution in [0.3, 0.4) is 0 Å². The Hall–Kier alpha value is -3.37. The van der Waals surface area contributed by atoms with Crippen LogP contribution in [0.4, 0.5) is 10.9 Å². The zero-order chi connectivity index (χ0) is 26.5. The summed E-state index contributed by atoms with van der Waals surface area (Å²) in [7, 11) is 1.58. The molecule has 1 N–H and O–H groups in total. The number of ether oxygens (including phenoxy) is 1. The van der Waals surface area contributed by atoms with Crippen molar-refractivity contribution in [1.29, 1.82) is 0 Å². The van der Waals surface area contributed by atoms with Gasteiger partial charge in [0.15, 0.2) is 5.13 Å². The molecular formula is C27H31N5O3S2. The molecule has 1 aliphatic heterocycles. The topological polar surface area (TPSA) is 87.7 Å². The van der Waals surface area contributed by atoms with Gasteiger partial charge >= 0.3 is 0 Å². The van der Waals surface area contributed by atoms with Gasteiger partial charge in [0, 0.05) is 36.8 Å². The lowest BCUT2D eigenvalue weighted by Gasteiger charge is -2.28. The van der Waals surface area contributed by atoms with Gasteiger partial charge in [-0.2, -0.15) is 0 Å². The normalized spacial score (nSPS) is 15.7. The molecule has 0 radical (unpaired) electrons. The highest BCUT2D eigenvalue weighted by atomic mass is 32.2. The largest absolute Gasteiger partial charge is 0.496 e. The number of carbonyl (C=O) groups excluding carboxylic acids is 2. The van der Waals surface area contributed by atoms with Crippen molar-refractivity contribution in [2.75, 3.05) is 32.1 Å². The smallest absolute Gasteiger partial charge is 0.257 e. The maximum atomic E-state index is 13.7. The van der Waals surface area contributed by atoms with E-state index in [1.165, 1.54) is 17.4 Å². The Morgan fingerprint density at radius 2 is 2.05 bits per heavy atom. The summed E-state index contributed by atoms with van der Waals surface area (Å²) >= 11 is 3.09. The molecule has 8 nitrogen and oxygen atoms in total. The minimum atomic E-state index is -0.106. The van der Waals surface area contributed by atoms with Crippen LogP contribution >= 0.6 is 23.1 Å². The number of hydrogen-bond donors (Lipinski definition) is 1. The summed E-state index contributed by atoms with van der Waals surface area (Å²) in [5.41, 5.74) is 2.56. The summed E-state index contributed by atoms with van der Waals surface area (Å²) < 4.78 is 6.59. The van der Waals surface area contributed by atoms with Gasteiger partial charge in [0.05, 0.1) is 23.1 Å². The molecule has 1 aliphatic rings. The van der Waals surface area contributed by atoms with Crippen LogP contribution in [0.2, 0.25) is 0 Å². The van der Waals surface area contributed by atoms with E-state index < -0.39 is 0 Å². The maximum Gasteiger partial charge on any atom is 0.257 e. The number of aromatic nitrogens is 2. The SMILES string of the molecule is C=CC(=O)N1CCCN(C(=O)c2cc(Sc3cnc(Nc4ncccc4C)s3)c(C)cc2OC)C[C@H]1C. The molecule has 0 saturated carbocycles. The highest BCUT2D eigenvalue weighted by molar-refractivity contribution is 8.01. The molecule has 10 heteroatoms. The summed E-state index contributed by atoms with van der Waals surface area (Å²) in [6, 6.07) is 7.60. The van der Waals surface area contributed by atoms with Crippen LogP contribution in [0.15, 0.2) is 58.4 Å². The van der Waals surface area contributed by atoms with E-state index >= 15 is 0 Å². The number of rotatable bonds is 7. The van der Waals surface area contributed by atoms with Crippen molar-refractivity contribution in [1.82, 2.24) is 19.8 Å². The Kier molecular flexibility index (Phi) is 8.50. The lowest BCUT2D eigenvalue weighted by molar-refractivity contribution is -0.127. The summed E-state index contributed by atoms with van der Waals surface area (Å²) in [4.78, 5) is 39.3. The number of methoxy groups -OCH3 is 1. The van der Waals surface area contributed by atoms with Crippen molar-refractivity contribution in [2.45, 2.75) is 42.3 Å². The second-order valence-electron chi connectivity index (χ2n) is 8.89. The first-order valence-corrected chi connectivity index (χ1v) is 13.7. The lowest BCUT2D eigenvalue weighted by atomic mass is 10.1. The van der Waals surface area contributed by atoms with Gasteiger partial charge in [-0.3, -0.25) is 9.59 Å². The molecule has 4 rings (SSSR count). The second-order valence-corrected chi connectivity index (χ2v) is 11.3. The Morgan fingerprint density at radius 3 is 2.78 bits per heavy atom. The van der Waals surface area contributed by atoms with E-state index in [0.717, 1.165) is 31.2 Å². The van der Waals surface area contributed by atoms with Gasteiger partial charge in [-0.1, -0.05) is 35.7 Å². The first kappa shape index (κ1) is 26.7. The third-order valence-corrected chi connectivity index (χ3v) is 8.42. The molecule has 0 spiro atoms. The number of thiazole rings is 1. The summed E-state index contributed by atoms with van der Waals surface area (Å²) in [6.07, 6.45) is 5.61. The predicted molar refractivity (Wildman–Crippen MR) is 148 cm³/mol. The van der Waals surface area contributed by atoms with Crippen LogP contribution in [-0.2, 0) is 4.79 Å². The average molecular weight is 538 g/mol. The number of amides is 2. The van der Waals surface area contributed by atoms with Crippen LogP contribution in [0.1, 0.15) is 34.8 Å². The fraction of sp³-hybridized carbons (Fsp3) is 0.333. The molecule has 3 aromatic rings. The molecule has 1 saturated heterocycles. The summed E-state index contributed by atoms with van der Waals surface area (Å²) in [6.45, 7) is 11.2. The van der Waals surface area contributed by atoms with Crippen molar-refractivity contribution in [3.63, 3.8) is 0 Å². The molecule has 1 fully saturated rings. The molecule has 2 aromatic heterocycles. The Balaban J connectivity index is 1.54. The quantitative estimate of drug-likeness (QED) is 0.409. The van der Waals surface area contributed by atoms with E-state index in [-0.39, 0.29) is 17.9 Å². The van der Waals surface area contributed by atoms with Gasteiger partial charge < -0.3 is 19.9 Å². The lowest BCUT2D eigenvalue weighted by Crippen LogP contribution is -2.43. The number of nitrogens with zero attached hydrogens (tertiary/aromatic N) is 4. The number of benzene rings is 1. The van der Waals surface area contributed by atoms with Gasteiger partial charge in [-0.05, 0) is 62.6 Å². The first-order valence-electron chi connectivity index (χ1n) is 12.0. The maximum absolute atomic E-state index is 13.7. The molecule has 3 heterocycles. The van der Waals surface area contributed by atoms with Crippen molar-refractivity contribution < 1.29 is 14.3 Å². The molecular weight excluding hydrogens is 506 g/mol. The van der Waals surface area contributed by atoms with Crippen molar-refractivity contribution in [3.8, 4) is 5.75 Å². The van der Waals surface area contributed by atoms with Crippen LogP contribution in [0, 0.1) is 13.8 Å². The zero-order valence-electron chi connectivity index (χ0n) is 21.5. The third-order valence-electron chi connectivity index (χ3n) is 6.25. The van der Waals surface area contributed by atoms with E-state index in [4.69, 9.17) is 4.74 Å². The van der Waals surface area contributed by atoms with Crippen molar-refractivity contribution >= 4 is 45.9 Å². The van der Waals surface area contributed by atoms with Crippen LogP contribution < -0.4 is 10.1 Å². The molecule has 1 aromatic carbocycles. The van der Waals surface area contributed by atoms with Gasteiger partial charge in [0.25, 0.3) is 5.91 Å². The molecule has 0 bridgehead atoms. The van der Waals surface area contributed by atoms with Crippen LogP contribution in [0.25, 0.3) is 0 Å². The number of hydrogen-bond acceptors (Lipinski definition) is 8. The Labute approximate surface area is 225 Å². The van der Waals surface area contributed by atoms with Crippen LogP contribution in [-0.4, -0.2) is 64.4 Å². The second kappa shape index (κ2) is 11.8. The molecule has 2 amide bonds. The van der Waals surface area contributed by atoms with Crippen molar-refractivity contribution in [3.05, 3.63) is 66.0 Å². The molecule has 0 aliphatic carbocycles. The molecule has 194 valence electrons. The van der Waals surface area contributed by atoms with E-state index in [2.05, 4.69) is 21.9 Å². The number of aryl methyl sites for hydroxylation is 2. The van der Waals surface area contributed by atoms with Gasteiger partial charge in [0.1, 0.15) is 11.6 Å². The van der Waals surface area contributed by atoms with Gasteiger partial charge in [0.2, 0.25) is 5.91 Å². The summed E-state index contributed by atoms with van der Waals surface area (Å²) in [5, 5.41) is 4.03. The highest BCUT2D eigenvalue weighted by Crippen LogP contribution is 2.39. The monoisotopic (exact) mass is 537 g/mol. The minimum Gasteiger partial charge on any atom is -0.496 e. The van der Waals surface area contributed by atoms with E-state index in [1.807, 2.05) is 56.1 Å². The fourth-order valence-corrected chi connectivity index (χ4v) is 6.20. The fourth-order valence-electron chi connectivity index (χ4n) is 4.26. The predicted octanol–water partition coefficient (Wildman–Crippen LogP) is 5.31. The van der Waals surface area contributed by atoms with Gasteiger partial charge in [-0.25, -0.2) is 9.97 Å².